The Morgan fingerprint density at radius 1 is 1.38 bits per heavy atom. The number of hydrogen-bond donors (Lipinski definition) is 1. The molecule has 1 N–H and O–H groups in total. The van der Waals surface area contributed by atoms with Crippen molar-refractivity contribution >= 4 is 0 Å². The third-order valence-corrected chi connectivity index (χ3v) is 2.89. The van der Waals surface area contributed by atoms with Crippen LogP contribution in [0.1, 0.15) is 24.5 Å². The van der Waals surface area contributed by atoms with E-state index < -0.39 is 0 Å². The number of nitrogens with one attached hydrogen (secondary N) is 1. The van der Waals surface area contributed by atoms with Crippen LogP contribution in [0.25, 0.3) is 0 Å². The van der Waals surface area contributed by atoms with Crippen molar-refractivity contribution in [2.24, 2.45) is 5.92 Å². The predicted molar refractivity (Wildman–Crippen MR) is 69.1 cm³/mol. The lowest BCUT2D eigenvalue weighted by atomic mass is 9.99. The van der Waals surface area contributed by atoms with E-state index in [-0.39, 0.29) is 0 Å². The van der Waals surface area contributed by atoms with E-state index in [1.165, 1.54) is 17.5 Å². The molecule has 1 atom stereocenters. The molecule has 0 spiro atoms. The number of hydrogen-bond acceptors (Lipinski definition) is 2. The van der Waals surface area contributed by atoms with E-state index in [4.69, 9.17) is 4.74 Å². The van der Waals surface area contributed by atoms with Gasteiger partial charge in [0.1, 0.15) is 5.75 Å². The van der Waals surface area contributed by atoms with Crippen LogP contribution in [-0.4, -0.2) is 20.7 Å². The molecule has 1 unspecified atom stereocenters. The Hall–Kier alpha value is -1.02. The maximum atomic E-state index is 5.38. The highest BCUT2D eigenvalue weighted by Crippen LogP contribution is 2.22. The largest absolute Gasteiger partial charge is 0.496 e. The van der Waals surface area contributed by atoms with Gasteiger partial charge < -0.3 is 10.1 Å². The van der Waals surface area contributed by atoms with Gasteiger partial charge in [-0.2, -0.15) is 0 Å². The molecule has 0 aromatic heterocycles. The minimum absolute atomic E-state index is 0.704. The fraction of sp³-hybridized carbons (Fsp3) is 0.571. The van der Waals surface area contributed by atoms with Crippen LogP contribution in [0.3, 0.4) is 0 Å². The quantitative estimate of drug-likeness (QED) is 0.797. The summed E-state index contributed by atoms with van der Waals surface area (Å²) in [5.41, 5.74) is 2.63. The van der Waals surface area contributed by atoms with Gasteiger partial charge >= 0.3 is 0 Å². The van der Waals surface area contributed by atoms with Crippen LogP contribution in [0.15, 0.2) is 18.2 Å². The SMILES string of the molecule is CNCC(C)CCc1cc(C)ccc1OC. The van der Waals surface area contributed by atoms with Crippen LogP contribution in [0.4, 0.5) is 0 Å². The number of benzene rings is 1. The van der Waals surface area contributed by atoms with Crippen LogP contribution in [-0.2, 0) is 6.42 Å². The van der Waals surface area contributed by atoms with Crippen LogP contribution in [0, 0.1) is 12.8 Å². The van der Waals surface area contributed by atoms with Gasteiger partial charge in [-0.1, -0.05) is 24.6 Å². The highest BCUT2D eigenvalue weighted by Gasteiger charge is 2.06. The summed E-state index contributed by atoms with van der Waals surface area (Å²) in [4.78, 5) is 0. The van der Waals surface area contributed by atoms with Gasteiger partial charge in [-0.25, -0.2) is 0 Å². The first-order chi connectivity index (χ1) is 7.67. The zero-order valence-electron chi connectivity index (χ0n) is 10.8. The molecular weight excluding hydrogens is 198 g/mol. The molecule has 0 radical (unpaired) electrons. The number of ether oxygens (including phenoxy) is 1. The fourth-order valence-electron chi connectivity index (χ4n) is 1.96. The molecule has 0 aliphatic carbocycles. The Morgan fingerprint density at radius 3 is 2.75 bits per heavy atom. The summed E-state index contributed by atoms with van der Waals surface area (Å²) in [5, 5.41) is 3.21. The van der Waals surface area contributed by atoms with Crippen molar-refractivity contribution in [3.63, 3.8) is 0 Å². The number of methoxy groups -OCH3 is 1. The monoisotopic (exact) mass is 221 g/mol. The smallest absolute Gasteiger partial charge is 0.122 e. The first kappa shape index (κ1) is 13.0. The van der Waals surface area contributed by atoms with Crippen LogP contribution in [0.5, 0.6) is 5.75 Å². The normalized spacial score (nSPS) is 12.5. The second kappa shape index (κ2) is 6.54. The first-order valence-corrected chi connectivity index (χ1v) is 5.95. The zero-order valence-corrected chi connectivity index (χ0v) is 10.8. The van der Waals surface area contributed by atoms with Crippen molar-refractivity contribution in [3.8, 4) is 5.75 Å². The van der Waals surface area contributed by atoms with Gasteiger partial charge in [0, 0.05) is 0 Å². The van der Waals surface area contributed by atoms with E-state index in [1.54, 1.807) is 7.11 Å². The summed E-state index contributed by atoms with van der Waals surface area (Å²) in [7, 11) is 3.74. The van der Waals surface area contributed by atoms with Crippen molar-refractivity contribution in [2.45, 2.75) is 26.7 Å². The first-order valence-electron chi connectivity index (χ1n) is 5.95. The van der Waals surface area contributed by atoms with Gasteiger partial charge in [0.2, 0.25) is 0 Å². The van der Waals surface area contributed by atoms with Gasteiger partial charge in [0.25, 0.3) is 0 Å². The molecule has 1 aromatic carbocycles. The molecule has 16 heavy (non-hydrogen) atoms. The summed E-state index contributed by atoms with van der Waals surface area (Å²) < 4.78 is 5.38. The molecular formula is C14H23NO. The van der Waals surface area contributed by atoms with Crippen LogP contribution < -0.4 is 10.1 Å². The Kier molecular flexibility index (Phi) is 5.33. The van der Waals surface area contributed by atoms with Gasteiger partial charge in [-0.3, -0.25) is 0 Å². The van der Waals surface area contributed by atoms with E-state index in [2.05, 4.69) is 37.4 Å². The molecule has 0 aliphatic heterocycles. The number of aryl methyl sites for hydroxylation is 2. The molecule has 0 amide bonds. The summed E-state index contributed by atoms with van der Waals surface area (Å²) >= 11 is 0. The molecule has 2 nitrogen and oxygen atoms in total. The van der Waals surface area contributed by atoms with E-state index in [0.29, 0.717) is 5.92 Å². The van der Waals surface area contributed by atoms with Gasteiger partial charge in [0.15, 0.2) is 0 Å². The van der Waals surface area contributed by atoms with Gasteiger partial charge in [-0.05, 0) is 50.9 Å². The van der Waals surface area contributed by atoms with Crippen LogP contribution >= 0.6 is 0 Å². The van der Waals surface area contributed by atoms with E-state index in [9.17, 15) is 0 Å². The highest BCUT2D eigenvalue weighted by atomic mass is 16.5. The lowest BCUT2D eigenvalue weighted by Gasteiger charge is -2.13. The van der Waals surface area contributed by atoms with Gasteiger partial charge in [0.05, 0.1) is 7.11 Å². The average molecular weight is 221 g/mol. The van der Waals surface area contributed by atoms with E-state index in [1.807, 2.05) is 7.05 Å². The average Bonchev–Trinajstić information content (AvgIpc) is 2.27. The predicted octanol–water partition coefficient (Wildman–Crippen LogP) is 2.79. The summed E-state index contributed by atoms with van der Waals surface area (Å²) in [6, 6.07) is 6.39. The second-order valence-electron chi connectivity index (χ2n) is 4.52. The molecule has 1 aromatic rings. The third kappa shape index (κ3) is 3.86. The molecule has 1 rings (SSSR count). The van der Waals surface area contributed by atoms with Crippen molar-refractivity contribution in [1.29, 1.82) is 0 Å². The molecule has 90 valence electrons. The molecule has 0 heterocycles. The van der Waals surface area contributed by atoms with Gasteiger partial charge in [-0.15, -0.1) is 0 Å². The number of rotatable bonds is 6. The standard InChI is InChI=1S/C14H23NO/c1-11-6-8-14(16-4)13(9-11)7-5-12(2)10-15-3/h6,8-9,12,15H,5,7,10H2,1-4H3. The Morgan fingerprint density at radius 2 is 2.12 bits per heavy atom. The summed E-state index contributed by atoms with van der Waals surface area (Å²) in [5.74, 6) is 1.72. The lowest BCUT2D eigenvalue weighted by Crippen LogP contribution is -2.16. The Bertz CT molecular complexity index is 323. The maximum absolute atomic E-state index is 5.38. The van der Waals surface area contributed by atoms with Crippen molar-refractivity contribution < 1.29 is 4.74 Å². The lowest BCUT2D eigenvalue weighted by molar-refractivity contribution is 0.406. The van der Waals surface area contributed by atoms with E-state index in [0.717, 1.165) is 18.7 Å². The van der Waals surface area contributed by atoms with Crippen molar-refractivity contribution in [1.82, 2.24) is 5.32 Å². The molecule has 0 saturated heterocycles. The third-order valence-electron chi connectivity index (χ3n) is 2.89. The Balaban J connectivity index is 2.61. The fourth-order valence-corrected chi connectivity index (χ4v) is 1.96. The summed E-state index contributed by atoms with van der Waals surface area (Å²) in [6.07, 6.45) is 2.29. The molecule has 0 bridgehead atoms. The topological polar surface area (TPSA) is 21.3 Å². The van der Waals surface area contributed by atoms with E-state index >= 15 is 0 Å². The second-order valence-corrected chi connectivity index (χ2v) is 4.52. The highest BCUT2D eigenvalue weighted by molar-refractivity contribution is 5.36. The van der Waals surface area contributed by atoms with Crippen molar-refractivity contribution in [3.05, 3.63) is 29.3 Å². The van der Waals surface area contributed by atoms with Crippen LogP contribution in [0.2, 0.25) is 0 Å². The zero-order chi connectivity index (χ0) is 12.0. The minimum atomic E-state index is 0.704. The molecule has 0 saturated carbocycles. The Labute approximate surface area is 99.0 Å². The minimum Gasteiger partial charge on any atom is -0.496 e. The molecule has 2 heteroatoms. The maximum Gasteiger partial charge on any atom is 0.122 e. The molecule has 0 fully saturated rings. The molecule has 0 aliphatic rings. The summed E-state index contributed by atoms with van der Waals surface area (Å²) in [6.45, 7) is 5.48. The van der Waals surface area contributed by atoms with Crippen molar-refractivity contribution in [2.75, 3.05) is 20.7 Å².